The Morgan fingerprint density at radius 2 is 2.10 bits per heavy atom. The molecule has 1 heterocycles. The van der Waals surface area contributed by atoms with Crippen molar-refractivity contribution in [3.05, 3.63) is 23.8 Å². The van der Waals surface area contributed by atoms with Crippen LogP contribution in [0.5, 0.6) is 5.75 Å². The minimum Gasteiger partial charge on any atom is -0.487 e. The third-order valence-corrected chi connectivity index (χ3v) is 5.24. The predicted octanol–water partition coefficient (Wildman–Crippen LogP) is 1.50. The first-order chi connectivity index (χ1) is 9.62. The van der Waals surface area contributed by atoms with Gasteiger partial charge in [0.25, 0.3) is 0 Å². The molecule has 0 saturated carbocycles. The van der Waals surface area contributed by atoms with Gasteiger partial charge >= 0.3 is 5.97 Å². The van der Waals surface area contributed by atoms with E-state index in [-0.39, 0.29) is 23.5 Å². The topological polar surface area (TPSA) is 83.9 Å². The van der Waals surface area contributed by atoms with Crippen LogP contribution in [-0.4, -0.2) is 43.0 Å². The summed E-state index contributed by atoms with van der Waals surface area (Å²) in [4.78, 5) is 10.7. The van der Waals surface area contributed by atoms with Crippen LogP contribution in [0.4, 0.5) is 0 Å². The Bertz CT molecular complexity index is 666. The van der Waals surface area contributed by atoms with Crippen LogP contribution in [0, 0.1) is 0 Å². The second-order valence-corrected chi connectivity index (χ2v) is 7.82. The first kappa shape index (κ1) is 15.8. The Morgan fingerprint density at radius 1 is 1.43 bits per heavy atom. The number of fused-ring (bicyclic) bond motifs is 1. The molecule has 1 aliphatic heterocycles. The van der Waals surface area contributed by atoms with Crippen LogP contribution >= 0.6 is 0 Å². The third kappa shape index (κ3) is 3.36. The van der Waals surface area contributed by atoms with E-state index >= 15 is 0 Å². The fourth-order valence-corrected chi connectivity index (χ4v) is 3.52. The zero-order valence-electron chi connectivity index (χ0n) is 12.3. The van der Waals surface area contributed by atoms with E-state index < -0.39 is 16.0 Å². The number of carboxylic acids is 1. The van der Waals surface area contributed by atoms with Crippen molar-refractivity contribution in [1.29, 1.82) is 0 Å². The maximum absolute atomic E-state index is 12.4. The molecule has 0 fully saturated rings. The molecule has 0 unspecified atom stereocenters. The van der Waals surface area contributed by atoms with Gasteiger partial charge in [0, 0.05) is 20.0 Å². The fourth-order valence-electron chi connectivity index (χ4n) is 2.30. The first-order valence-electron chi connectivity index (χ1n) is 6.62. The number of carboxylic acid groups (broad SMARTS) is 1. The first-order valence-corrected chi connectivity index (χ1v) is 8.06. The predicted molar refractivity (Wildman–Crippen MR) is 76.9 cm³/mol. The van der Waals surface area contributed by atoms with Gasteiger partial charge in [-0.3, -0.25) is 4.79 Å². The smallest absolute Gasteiger partial charge is 0.304 e. The lowest BCUT2D eigenvalue weighted by molar-refractivity contribution is -0.137. The normalized spacial score (nSPS) is 16.6. The molecule has 0 bridgehead atoms. The molecular weight excluding hydrogens is 294 g/mol. The number of ether oxygens (including phenoxy) is 1. The van der Waals surface area contributed by atoms with Crippen LogP contribution in [0.25, 0.3) is 0 Å². The van der Waals surface area contributed by atoms with Crippen molar-refractivity contribution in [1.82, 2.24) is 4.31 Å². The minimum atomic E-state index is -3.68. The third-order valence-electron chi connectivity index (χ3n) is 3.38. The van der Waals surface area contributed by atoms with Crippen LogP contribution in [0.1, 0.15) is 25.8 Å². The number of hydrogen-bond acceptors (Lipinski definition) is 4. The van der Waals surface area contributed by atoms with Gasteiger partial charge in [0.05, 0.1) is 11.3 Å². The van der Waals surface area contributed by atoms with Crippen LogP contribution in [0.2, 0.25) is 0 Å². The molecule has 0 spiro atoms. The Labute approximate surface area is 124 Å². The van der Waals surface area contributed by atoms with E-state index in [9.17, 15) is 13.2 Å². The van der Waals surface area contributed by atoms with Crippen molar-refractivity contribution in [2.24, 2.45) is 0 Å². The Hall–Kier alpha value is -1.60. The average Bonchev–Trinajstić information content (AvgIpc) is 2.68. The molecule has 0 saturated heterocycles. The Kier molecular flexibility index (Phi) is 3.99. The highest BCUT2D eigenvalue weighted by Gasteiger charge is 2.31. The van der Waals surface area contributed by atoms with Crippen LogP contribution < -0.4 is 4.74 Å². The number of aliphatic carboxylic acids is 1. The largest absolute Gasteiger partial charge is 0.487 e. The van der Waals surface area contributed by atoms with Gasteiger partial charge in [-0.2, -0.15) is 0 Å². The summed E-state index contributed by atoms with van der Waals surface area (Å²) in [7, 11) is -2.30. The number of benzene rings is 1. The molecule has 116 valence electrons. The standard InChI is InChI=1S/C14H19NO5S/c1-14(2)9-10-8-11(4-5-12(10)20-14)21(18,19)15(3)7-6-13(16)17/h4-5,8H,6-7,9H2,1-3H3,(H,16,17). The molecule has 6 nitrogen and oxygen atoms in total. The molecule has 0 aliphatic carbocycles. The van der Waals surface area contributed by atoms with Crippen molar-refractivity contribution in [2.75, 3.05) is 13.6 Å². The van der Waals surface area contributed by atoms with Gasteiger partial charge in [0.1, 0.15) is 11.4 Å². The van der Waals surface area contributed by atoms with Crippen molar-refractivity contribution >= 4 is 16.0 Å². The summed E-state index contributed by atoms with van der Waals surface area (Å²) < 4.78 is 31.6. The average molecular weight is 313 g/mol. The lowest BCUT2D eigenvalue weighted by Gasteiger charge is -2.17. The Morgan fingerprint density at radius 3 is 2.71 bits per heavy atom. The maximum Gasteiger partial charge on any atom is 0.304 e. The highest BCUT2D eigenvalue weighted by Crippen LogP contribution is 2.36. The summed E-state index contributed by atoms with van der Waals surface area (Å²) in [5.41, 5.74) is 0.521. The van der Waals surface area contributed by atoms with Crippen LogP contribution in [0.15, 0.2) is 23.1 Å². The summed E-state index contributed by atoms with van der Waals surface area (Å²) in [6.45, 7) is 3.83. The van der Waals surface area contributed by atoms with E-state index in [1.54, 1.807) is 12.1 Å². The van der Waals surface area contributed by atoms with Gasteiger partial charge in [0.15, 0.2) is 0 Å². The number of sulfonamides is 1. The molecule has 1 aliphatic rings. The number of nitrogens with zero attached hydrogens (tertiary/aromatic N) is 1. The lowest BCUT2D eigenvalue weighted by atomic mass is 10.0. The monoisotopic (exact) mass is 313 g/mol. The molecule has 0 radical (unpaired) electrons. The molecule has 1 N–H and O–H groups in total. The van der Waals surface area contributed by atoms with Gasteiger partial charge in [-0.15, -0.1) is 0 Å². The highest BCUT2D eigenvalue weighted by molar-refractivity contribution is 7.89. The zero-order valence-corrected chi connectivity index (χ0v) is 13.1. The quantitative estimate of drug-likeness (QED) is 0.890. The van der Waals surface area contributed by atoms with Crippen molar-refractivity contribution in [3.63, 3.8) is 0 Å². The van der Waals surface area contributed by atoms with Gasteiger partial charge in [-0.05, 0) is 37.6 Å². The second-order valence-electron chi connectivity index (χ2n) is 5.78. The van der Waals surface area contributed by atoms with E-state index in [1.807, 2.05) is 13.8 Å². The van der Waals surface area contributed by atoms with E-state index in [0.29, 0.717) is 12.2 Å². The summed E-state index contributed by atoms with van der Waals surface area (Å²) in [5.74, 6) is -0.326. The molecule has 0 aromatic heterocycles. The van der Waals surface area contributed by atoms with Crippen molar-refractivity contribution in [3.8, 4) is 5.75 Å². The Balaban J connectivity index is 2.24. The van der Waals surface area contributed by atoms with Crippen molar-refractivity contribution < 1.29 is 23.1 Å². The van der Waals surface area contributed by atoms with Gasteiger partial charge in [-0.25, -0.2) is 12.7 Å². The molecule has 7 heteroatoms. The summed E-state index contributed by atoms with van der Waals surface area (Å²) in [5, 5.41) is 8.65. The van der Waals surface area contributed by atoms with Crippen LogP contribution in [0.3, 0.4) is 0 Å². The molecule has 1 aromatic rings. The molecule has 0 atom stereocenters. The molecule has 21 heavy (non-hydrogen) atoms. The van der Waals surface area contributed by atoms with E-state index in [4.69, 9.17) is 9.84 Å². The molecule has 1 aromatic carbocycles. The van der Waals surface area contributed by atoms with Gasteiger partial charge in [-0.1, -0.05) is 0 Å². The van der Waals surface area contributed by atoms with Gasteiger partial charge < -0.3 is 9.84 Å². The van der Waals surface area contributed by atoms with Crippen molar-refractivity contribution in [2.45, 2.75) is 37.2 Å². The SMILES string of the molecule is CN(CCC(=O)O)S(=O)(=O)c1ccc2c(c1)CC(C)(C)O2. The lowest BCUT2D eigenvalue weighted by Crippen LogP contribution is -2.29. The summed E-state index contributed by atoms with van der Waals surface area (Å²) >= 11 is 0. The number of rotatable bonds is 5. The van der Waals surface area contributed by atoms with Crippen LogP contribution in [-0.2, 0) is 21.2 Å². The molecular formula is C14H19NO5S. The van der Waals surface area contributed by atoms with Gasteiger partial charge in [0.2, 0.25) is 10.0 Å². The van der Waals surface area contributed by atoms with E-state index in [1.165, 1.54) is 13.1 Å². The highest BCUT2D eigenvalue weighted by atomic mass is 32.2. The van der Waals surface area contributed by atoms with E-state index in [2.05, 4.69) is 0 Å². The summed E-state index contributed by atoms with van der Waals surface area (Å²) in [6, 6.07) is 4.76. The number of carbonyl (C=O) groups is 1. The summed E-state index contributed by atoms with van der Waals surface area (Å²) in [6.07, 6.45) is 0.418. The molecule has 2 rings (SSSR count). The minimum absolute atomic E-state index is 0.0588. The van der Waals surface area contributed by atoms with E-state index in [0.717, 1.165) is 9.87 Å². The fraction of sp³-hybridized carbons (Fsp3) is 0.500. The maximum atomic E-state index is 12.4. The molecule has 0 amide bonds. The zero-order chi connectivity index (χ0) is 15.8. The number of hydrogen-bond donors (Lipinski definition) is 1. The second kappa shape index (κ2) is 5.31.